The fourth-order valence-electron chi connectivity index (χ4n) is 3.77. The molecule has 0 radical (unpaired) electrons. The molecular formula is C19H29N3O2. The van der Waals surface area contributed by atoms with Gasteiger partial charge < -0.3 is 19.9 Å². The normalized spacial score (nSPS) is 24.1. The number of methoxy groups -OCH3 is 1. The molecule has 3 rings (SSSR count). The van der Waals surface area contributed by atoms with E-state index in [2.05, 4.69) is 29.3 Å². The molecule has 5 nitrogen and oxygen atoms in total. The van der Waals surface area contributed by atoms with Crippen molar-refractivity contribution in [3.8, 4) is 5.75 Å². The van der Waals surface area contributed by atoms with Crippen molar-refractivity contribution in [1.82, 2.24) is 10.2 Å². The van der Waals surface area contributed by atoms with E-state index in [4.69, 9.17) is 4.74 Å². The molecule has 1 N–H and O–H groups in total. The third-order valence-corrected chi connectivity index (χ3v) is 5.31. The maximum atomic E-state index is 12.4. The number of hydrogen-bond donors (Lipinski definition) is 1. The number of likely N-dealkylation sites (tertiary alicyclic amines) is 1. The summed E-state index contributed by atoms with van der Waals surface area (Å²) in [6.07, 6.45) is 4.61. The lowest BCUT2D eigenvalue weighted by atomic mass is 10.0. The van der Waals surface area contributed by atoms with Gasteiger partial charge in [-0.2, -0.15) is 0 Å². The Bertz CT molecular complexity index is 563. The molecule has 0 spiro atoms. The highest BCUT2D eigenvalue weighted by Gasteiger charge is 2.26. The van der Waals surface area contributed by atoms with Gasteiger partial charge in [-0.1, -0.05) is 6.07 Å². The standard InChI is InChI=1S/C19H29N3O2/c1-15-6-3-4-10-22(15)19(23)20-13-16-9-11-21(14-16)17-7-5-8-18(12-17)24-2/h5,7-8,12,15-16H,3-4,6,9-11,13-14H2,1-2H3,(H,20,23)/t15-,16-/m1/s1. The second kappa shape index (κ2) is 7.77. The summed E-state index contributed by atoms with van der Waals surface area (Å²) in [5.41, 5.74) is 1.20. The molecule has 0 unspecified atom stereocenters. The summed E-state index contributed by atoms with van der Waals surface area (Å²) in [7, 11) is 1.70. The van der Waals surface area contributed by atoms with Crippen molar-refractivity contribution in [2.45, 2.75) is 38.6 Å². The van der Waals surface area contributed by atoms with Crippen molar-refractivity contribution in [3.05, 3.63) is 24.3 Å². The van der Waals surface area contributed by atoms with Gasteiger partial charge in [-0.15, -0.1) is 0 Å². The predicted molar refractivity (Wildman–Crippen MR) is 96.7 cm³/mol. The molecule has 2 fully saturated rings. The van der Waals surface area contributed by atoms with Crippen LogP contribution < -0.4 is 15.0 Å². The highest BCUT2D eigenvalue weighted by molar-refractivity contribution is 5.74. The summed E-state index contributed by atoms with van der Waals surface area (Å²) in [4.78, 5) is 16.8. The first-order valence-corrected chi connectivity index (χ1v) is 9.11. The molecule has 2 aliphatic heterocycles. The van der Waals surface area contributed by atoms with Crippen LogP contribution in [0.25, 0.3) is 0 Å². The van der Waals surface area contributed by atoms with Crippen molar-refractivity contribution in [1.29, 1.82) is 0 Å². The van der Waals surface area contributed by atoms with E-state index in [0.29, 0.717) is 12.0 Å². The van der Waals surface area contributed by atoms with Crippen LogP contribution >= 0.6 is 0 Å². The van der Waals surface area contributed by atoms with Crippen LogP contribution in [0.5, 0.6) is 5.75 Å². The predicted octanol–water partition coefficient (Wildman–Crippen LogP) is 3.11. The zero-order valence-corrected chi connectivity index (χ0v) is 14.8. The first-order valence-electron chi connectivity index (χ1n) is 9.11. The Morgan fingerprint density at radius 2 is 2.17 bits per heavy atom. The van der Waals surface area contributed by atoms with Crippen LogP contribution in [0.2, 0.25) is 0 Å². The number of hydrogen-bond acceptors (Lipinski definition) is 3. The molecule has 2 atom stereocenters. The highest BCUT2D eigenvalue weighted by atomic mass is 16.5. The minimum atomic E-state index is 0.113. The molecule has 5 heteroatoms. The summed E-state index contributed by atoms with van der Waals surface area (Å²) in [6, 6.07) is 8.69. The van der Waals surface area contributed by atoms with Crippen molar-refractivity contribution in [2.75, 3.05) is 38.2 Å². The molecule has 0 bridgehead atoms. The van der Waals surface area contributed by atoms with Gasteiger partial charge in [0.15, 0.2) is 0 Å². The Balaban J connectivity index is 1.48. The minimum absolute atomic E-state index is 0.113. The average molecular weight is 331 g/mol. The Kier molecular flexibility index (Phi) is 5.48. The van der Waals surface area contributed by atoms with E-state index in [-0.39, 0.29) is 6.03 Å². The number of carbonyl (C=O) groups is 1. The van der Waals surface area contributed by atoms with E-state index in [1.54, 1.807) is 7.11 Å². The second-order valence-electron chi connectivity index (χ2n) is 7.03. The number of ether oxygens (including phenoxy) is 1. The largest absolute Gasteiger partial charge is 0.497 e. The molecule has 1 aromatic carbocycles. The number of carbonyl (C=O) groups excluding carboxylic acids is 1. The Morgan fingerprint density at radius 3 is 2.96 bits per heavy atom. The highest BCUT2D eigenvalue weighted by Crippen LogP contribution is 2.26. The molecule has 0 saturated carbocycles. The molecule has 1 aromatic rings. The molecular weight excluding hydrogens is 302 g/mol. The van der Waals surface area contributed by atoms with Gasteiger partial charge in [0.1, 0.15) is 5.75 Å². The second-order valence-corrected chi connectivity index (χ2v) is 7.03. The van der Waals surface area contributed by atoms with Crippen molar-refractivity contribution < 1.29 is 9.53 Å². The van der Waals surface area contributed by atoms with E-state index < -0.39 is 0 Å². The number of piperidine rings is 1. The van der Waals surface area contributed by atoms with Gasteiger partial charge in [0.25, 0.3) is 0 Å². The summed E-state index contributed by atoms with van der Waals surface area (Å²) in [5.74, 6) is 1.41. The van der Waals surface area contributed by atoms with Crippen molar-refractivity contribution >= 4 is 11.7 Å². The fourth-order valence-corrected chi connectivity index (χ4v) is 3.77. The maximum absolute atomic E-state index is 12.4. The van der Waals surface area contributed by atoms with E-state index in [1.165, 1.54) is 12.1 Å². The number of nitrogens with zero attached hydrogens (tertiary/aromatic N) is 2. The zero-order chi connectivity index (χ0) is 16.9. The lowest BCUT2D eigenvalue weighted by Crippen LogP contribution is -2.48. The lowest BCUT2D eigenvalue weighted by Gasteiger charge is -2.33. The van der Waals surface area contributed by atoms with Gasteiger partial charge in [-0.25, -0.2) is 4.79 Å². The number of benzene rings is 1. The average Bonchev–Trinajstić information content (AvgIpc) is 3.09. The first-order chi connectivity index (χ1) is 11.7. The first kappa shape index (κ1) is 16.9. The third kappa shape index (κ3) is 3.94. The van der Waals surface area contributed by atoms with Gasteiger partial charge >= 0.3 is 6.03 Å². The number of rotatable bonds is 4. The monoisotopic (exact) mass is 331 g/mol. The number of anilines is 1. The Labute approximate surface area is 145 Å². The SMILES string of the molecule is COc1cccc(N2CC[C@H](CNC(=O)N3CCCC[C@H]3C)C2)c1. The number of amides is 2. The summed E-state index contributed by atoms with van der Waals surface area (Å²) in [6.45, 7) is 5.84. The van der Waals surface area contributed by atoms with E-state index in [1.807, 2.05) is 17.0 Å². The Hall–Kier alpha value is -1.91. The van der Waals surface area contributed by atoms with Crippen LogP contribution in [0.3, 0.4) is 0 Å². The molecule has 0 aromatic heterocycles. The van der Waals surface area contributed by atoms with Crippen LogP contribution in [0.15, 0.2) is 24.3 Å². The molecule has 132 valence electrons. The molecule has 24 heavy (non-hydrogen) atoms. The zero-order valence-electron chi connectivity index (χ0n) is 14.8. The maximum Gasteiger partial charge on any atom is 0.317 e. The topological polar surface area (TPSA) is 44.8 Å². The summed E-state index contributed by atoms with van der Waals surface area (Å²) in [5, 5.41) is 3.15. The smallest absolute Gasteiger partial charge is 0.317 e. The van der Waals surface area contributed by atoms with Gasteiger partial charge in [0.05, 0.1) is 7.11 Å². The fraction of sp³-hybridized carbons (Fsp3) is 0.632. The van der Waals surface area contributed by atoms with Gasteiger partial charge in [-0.05, 0) is 50.7 Å². The third-order valence-electron chi connectivity index (χ3n) is 5.31. The van der Waals surface area contributed by atoms with Crippen molar-refractivity contribution in [2.24, 2.45) is 5.92 Å². The molecule has 2 amide bonds. The van der Waals surface area contributed by atoms with E-state index in [9.17, 15) is 4.79 Å². The number of nitrogens with one attached hydrogen (secondary N) is 1. The lowest BCUT2D eigenvalue weighted by molar-refractivity contribution is 0.157. The minimum Gasteiger partial charge on any atom is -0.497 e. The van der Waals surface area contributed by atoms with Crippen LogP contribution in [-0.4, -0.2) is 50.3 Å². The van der Waals surface area contributed by atoms with Gasteiger partial charge in [0.2, 0.25) is 0 Å². The van der Waals surface area contributed by atoms with Crippen molar-refractivity contribution in [3.63, 3.8) is 0 Å². The molecule has 2 aliphatic rings. The summed E-state index contributed by atoms with van der Waals surface area (Å²) < 4.78 is 5.31. The quantitative estimate of drug-likeness (QED) is 0.922. The Morgan fingerprint density at radius 1 is 1.29 bits per heavy atom. The number of urea groups is 1. The van der Waals surface area contributed by atoms with Gasteiger partial charge in [-0.3, -0.25) is 0 Å². The van der Waals surface area contributed by atoms with Gasteiger partial charge in [0, 0.05) is 44.0 Å². The molecule has 0 aliphatic carbocycles. The van der Waals surface area contributed by atoms with Crippen LogP contribution in [0.1, 0.15) is 32.6 Å². The summed E-state index contributed by atoms with van der Waals surface area (Å²) >= 11 is 0. The van der Waals surface area contributed by atoms with Crippen LogP contribution in [0, 0.1) is 5.92 Å². The van der Waals surface area contributed by atoms with E-state index in [0.717, 1.165) is 51.2 Å². The van der Waals surface area contributed by atoms with E-state index >= 15 is 0 Å². The molecule has 2 saturated heterocycles. The van der Waals surface area contributed by atoms with Crippen LogP contribution in [0.4, 0.5) is 10.5 Å². The molecule has 2 heterocycles. The van der Waals surface area contributed by atoms with Crippen LogP contribution in [-0.2, 0) is 0 Å².